The summed E-state index contributed by atoms with van der Waals surface area (Å²) in [6, 6.07) is 10.7. The average Bonchev–Trinajstić information content (AvgIpc) is 3.24. The van der Waals surface area contributed by atoms with Crippen molar-refractivity contribution < 1.29 is 27.4 Å². The Kier molecular flexibility index (Phi) is 6.67. The molecule has 1 amide bonds. The second kappa shape index (κ2) is 9.84. The lowest BCUT2D eigenvalue weighted by Crippen LogP contribution is -2.13. The Morgan fingerprint density at radius 1 is 1.09 bits per heavy atom. The van der Waals surface area contributed by atoms with E-state index in [0.29, 0.717) is 22.9 Å². The van der Waals surface area contributed by atoms with Gasteiger partial charge < -0.3 is 14.8 Å². The molecule has 35 heavy (non-hydrogen) atoms. The van der Waals surface area contributed by atoms with E-state index in [0.717, 1.165) is 17.8 Å². The van der Waals surface area contributed by atoms with E-state index in [9.17, 15) is 18.0 Å². The maximum Gasteiger partial charge on any atom is 0.417 e. The molecule has 0 aliphatic heterocycles. The van der Waals surface area contributed by atoms with Crippen LogP contribution in [0.25, 0.3) is 5.82 Å². The Morgan fingerprint density at radius 3 is 2.57 bits per heavy atom. The molecule has 4 aromatic rings. The summed E-state index contributed by atoms with van der Waals surface area (Å²) < 4.78 is 50.9. The molecule has 11 heteroatoms. The lowest BCUT2D eigenvalue weighted by Gasteiger charge is -2.13. The van der Waals surface area contributed by atoms with Crippen molar-refractivity contribution >= 4 is 11.6 Å². The molecule has 3 aromatic heterocycles. The predicted octanol–water partition coefficient (Wildman–Crippen LogP) is 4.83. The molecule has 180 valence electrons. The molecule has 0 radical (unpaired) electrons. The Bertz CT molecular complexity index is 1320. The van der Waals surface area contributed by atoms with Crippen LogP contribution in [0.15, 0.2) is 67.3 Å². The molecule has 1 N–H and O–H groups in total. The van der Waals surface area contributed by atoms with Crippen LogP contribution in [-0.4, -0.2) is 32.8 Å². The molecule has 0 spiro atoms. The maximum atomic E-state index is 12.9. The highest BCUT2D eigenvalue weighted by Crippen LogP contribution is 2.31. The maximum absolute atomic E-state index is 12.9. The van der Waals surface area contributed by atoms with E-state index in [1.165, 1.54) is 24.1 Å². The van der Waals surface area contributed by atoms with Gasteiger partial charge in [0.25, 0.3) is 5.91 Å². The highest BCUT2D eigenvalue weighted by Gasteiger charge is 2.30. The zero-order chi connectivity index (χ0) is 25.0. The van der Waals surface area contributed by atoms with Gasteiger partial charge in [0, 0.05) is 35.9 Å². The van der Waals surface area contributed by atoms with Crippen molar-refractivity contribution in [3.63, 3.8) is 0 Å². The van der Waals surface area contributed by atoms with Crippen molar-refractivity contribution in [2.75, 3.05) is 12.4 Å². The first kappa shape index (κ1) is 23.7. The number of rotatable bonds is 7. The number of hydrogen-bond donors (Lipinski definition) is 1. The fraction of sp³-hybridized carbons (Fsp3) is 0.167. The largest absolute Gasteiger partial charge is 0.493 e. The number of hydrogen-bond acceptors (Lipinski definition) is 6. The van der Waals surface area contributed by atoms with E-state index in [2.05, 4.69) is 20.4 Å². The van der Waals surface area contributed by atoms with E-state index in [1.54, 1.807) is 43.6 Å². The van der Waals surface area contributed by atoms with Gasteiger partial charge in [-0.3, -0.25) is 9.78 Å². The number of alkyl halides is 3. The zero-order valence-corrected chi connectivity index (χ0v) is 18.7. The topological polar surface area (TPSA) is 91.2 Å². The van der Waals surface area contributed by atoms with Crippen LogP contribution in [0.2, 0.25) is 0 Å². The van der Waals surface area contributed by atoms with E-state index in [-0.39, 0.29) is 18.0 Å². The third kappa shape index (κ3) is 5.40. The molecule has 1 aromatic carbocycles. The molecule has 0 atom stereocenters. The number of anilines is 1. The van der Waals surface area contributed by atoms with Crippen molar-refractivity contribution in [1.82, 2.24) is 19.7 Å². The number of carbonyl (C=O) groups excluding carboxylic acids is 1. The minimum absolute atomic E-state index is 0.157. The molecule has 4 rings (SSSR count). The highest BCUT2D eigenvalue weighted by molar-refractivity contribution is 6.05. The fourth-order valence-corrected chi connectivity index (χ4v) is 3.25. The normalized spacial score (nSPS) is 11.2. The molecule has 0 bridgehead atoms. The summed E-state index contributed by atoms with van der Waals surface area (Å²) in [4.78, 5) is 20.8. The summed E-state index contributed by atoms with van der Waals surface area (Å²) in [7, 11) is 1.51. The van der Waals surface area contributed by atoms with Crippen LogP contribution in [0.3, 0.4) is 0 Å². The second-order valence-electron chi connectivity index (χ2n) is 7.43. The van der Waals surface area contributed by atoms with Crippen molar-refractivity contribution in [2.45, 2.75) is 19.7 Å². The number of carbonyl (C=O) groups is 1. The fourth-order valence-electron chi connectivity index (χ4n) is 3.25. The van der Waals surface area contributed by atoms with Crippen LogP contribution >= 0.6 is 0 Å². The summed E-state index contributed by atoms with van der Waals surface area (Å²) >= 11 is 0. The first-order valence-corrected chi connectivity index (χ1v) is 10.4. The van der Waals surface area contributed by atoms with E-state index in [4.69, 9.17) is 9.47 Å². The number of nitrogens with zero attached hydrogens (tertiary/aromatic N) is 4. The molecular weight excluding hydrogens is 463 g/mol. The Labute approximate surface area is 198 Å². The predicted molar refractivity (Wildman–Crippen MR) is 121 cm³/mol. The number of ether oxygens (including phenoxy) is 2. The van der Waals surface area contributed by atoms with Crippen LogP contribution in [0, 0.1) is 6.92 Å². The zero-order valence-electron chi connectivity index (χ0n) is 18.7. The minimum atomic E-state index is -4.49. The number of pyridine rings is 2. The van der Waals surface area contributed by atoms with Gasteiger partial charge in [0.1, 0.15) is 6.61 Å². The molecule has 0 fully saturated rings. The summed E-state index contributed by atoms with van der Waals surface area (Å²) in [5.41, 5.74) is 1.10. The second-order valence-corrected chi connectivity index (χ2v) is 7.43. The molecule has 0 aliphatic rings. The first-order chi connectivity index (χ1) is 16.8. The van der Waals surface area contributed by atoms with Crippen LogP contribution in [0.5, 0.6) is 11.5 Å². The molecular formula is C24H20F3N5O3. The number of halogens is 3. The molecule has 3 heterocycles. The van der Waals surface area contributed by atoms with Gasteiger partial charge >= 0.3 is 6.18 Å². The summed E-state index contributed by atoms with van der Waals surface area (Å²) in [5, 5.41) is 6.88. The van der Waals surface area contributed by atoms with Crippen molar-refractivity contribution in [2.24, 2.45) is 0 Å². The first-order valence-electron chi connectivity index (χ1n) is 10.4. The minimum Gasteiger partial charge on any atom is -0.493 e. The molecule has 0 unspecified atom stereocenters. The van der Waals surface area contributed by atoms with Crippen LogP contribution in [0.4, 0.5) is 18.9 Å². The van der Waals surface area contributed by atoms with Gasteiger partial charge in [-0.1, -0.05) is 6.07 Å². The van der Waals surface area contributed by atoms with E-state index in [1.807, 2.05) is 6.07 Å². The molecule has 8 nitrogen and oxygen atoms in total. The van der Waals surface area contributed by atoms with Gasteiger partial charge in [0.05, 0.1) is 30.1 Å². The highest BCUT2D eigenvalue weighted by atomic mass is 19.4. The van der Waals surface area contributed by atoms with Crippen LogP contribution in [0.1, 0.15) is 27.2 Å². The van der Waals surface area contributed by atoms with Gasteiger partial charge in [-0.15, -0.1) is 0 Å². The van der Waals surface area contributed by atoms with Gasteiger partial charge in [0.2, 0.25) is 0 Å². The smallest absolute Gasteiger partial charge is 0.417 e. The Hall–Kier alpha value is -4.41. The molecule has 0 saturated heterocycles. The third-order valence-corrected chi connectivity index (χ3v) is 5.09. The number of amides is 1. The molecule has 0 saturated carbocycles. The SMILES string of the molecule is COc1ccc(NC(=O)c2cnn(-c3ccc(C(F)(F)F)cn3)c2C)cc1OCc1cccnc1. The third-order valence-electron chi connectivity index (χ3n) is 5.09. The molecule has 0 aliphatic carbocycles. The van der Waals surface area contributed by atoms with E-state index >= 15 is 0 Å². The number of aromatic nitrogens is 4. The standard InChI is InChI=1S/C24H20F3N5O3/c1-15-19(13-30-32(15)22-8-5-17(12-29-22)24(25,26)27)23(33)31-18-6-7-20(34-2)21(10-18)35-14-16-4-3-9-28-11-16/h3-13H,14H2,1-2H3,(H,31,33). The van der Waals surface area contributed by atoms with Crippen molar-refractivity contribution in [3.05, 3.63) is 89.6 Å². The Balaban J connectivity index is 1.50. The number of methoxy groups -OCH3 is 1. The van der Waals surface area contributed by atoms with Gasteiger partial charge in [0.15, 0.2) is 17.3 Å². The van der Waals surface area contributed by atoms with Crippen molar-refractivity contribution in [3.8, 4) is 17.3 Å². The van der Waals surface area contributed by atoms with Crippen molar-refractivity contribution in [1.29, 1.82) is 0 Å². The van der Waals surface area contributed by atoms with E-state index < -0.39 is 17.6 Å². The summed E-state index contributed by atoms with van der Waals surface area (Å²) in [6.07, 6.45) is 0.907. The average molecular weight is 483 g/mol. The lowest BCUT2D eigenvalue weighted by atomic mass is 10.2. The van der Waals surface area contributed by atoms with Gasteiger partial charge in [-0.2, -0.15) is 18.3 Å². The lowest BCUT2D eigenvalue weighted by molar-refractivity contribution is -0.137. The summed E-state index contributed by atoms with van der Waals surface area (Å²) in [5.74, 6) is 0.619. The van der Waals surface area contributed by atoms with Crippen LogP contribution < -0.4 is 14.8 Å². The van der Waals surface area contributed by atoms with Gasteiger partial charge in [-0.25, -0.2) is 9.67 Å². The quantitative estimate of drug-likeness (QED) is 0.405. The van der Waals surface area contributed by atoms with Crippen LogP contribution in [-0.2, 0) is 12.8 Å². The number of nitrogens with one attached hydrogen (secondary N) is 1. The Morgan fingerprint density at radius 2 is 1.91 bits per heavy atom. The van der Waals surface area contributed by atoms with Gasteiger partial charge in [-0.05, 0) is 37.3 Å². The number of benzene rings is 1. The monoisotopic (exact) mass is 483 g/mol. The summed E-state index contributed by atoms with van der Waals surface area (Å²) in [6.45, 7) is 1.88.